The average Bonchev–Trinajstić information content (AvgIpc) is 2.82. The van der Waals surface area contributed by atoms with Crippen molar-refractivity contribution < 1.29 is 14.7 Å². The number of H-pyrrole nitrogens is 1. The minimum atomic E-state index is -1.09. The van der Waals surface area contributed by atoms with Crippen LogP contribution in [0.1, 0.15) is 21.0 Å². The zero-order valence-corrected chi connectivity index (χ0v) is 8.41. The zero-order valence-electron chi connectivity index (χ0n) is 8.41. The maximum Gasteiger partial charge on any atom is 0.335 e. The molecule has 2 rings (SSSR count). The summed E-state index contributed by atoms with van der Waals surface area (Å²) in [5.41, 5.74) is 0.0351. The van der Waals surface area contributed by atoms with E-state index >= 15 is 0 Å². The zero-order chi connectivity index (χ0) is 12.3. The minimum absolute atomic E-state index is 0.0209. The number of nitrogens with one attached hydrogen (secondary N) is 2. The van der Waals surface area contributed by atoms with Gasteiger partial charge in [-0.2, -0.15) is 5.10 Å². The van der Waals surface area contributed by atoms with E-state index in [-0.39, 0.29) is 17.2 Å². The topological polar surface area (TPSA) is 121 Å². The van der Waals surface area contributed by atoms with Gasteiger partial charge in [0.2, 0.25) is 5.82 Å². The van der Waals surface area contributed by atoms with Crippen LogP contribution in [0.5, 0.6) is 0 Å². The first-order valence-electron chi connectivity index (χ1n) is 4.53. The van der Waals surface area contributed by atoms with Crippen molar-refractivity contribution in [2.45, 2.75) is 0 Å². The van der Waals surface area contributed by atoms with Gasteiger partial charge in [-0.3, -0.25) is 9.89 Å². The van der Waals surface area contributed by atoms with E-state index in [0.717, 1.165) is 0 Å². The molecule has 0 spiro atoms. The number of amides is 1. The summed E-state index contributed by atoms with van der Waals surface area (Å²) >= 11 is 0. The molecule has 0 saturated heterocycles. The summed E-state index contributed by atoms with van der Waals surface area (Å²) in [6, 6.07) is 2.57. The Kier molecular flexibility index (Phi) is 2.77. The lowest BCUT2D eigenvalue weighted by atomic mass is 10.2. The van der Waals surface area contributed by atoms with Crippen LogP contribution < -0.4 is 5.32 Å². The van der Waals surface area contributed by atoms with E-state index in [9.17, 15) is 9.59 Å². The van der Waals surface area contributed by atoms with Crippen molar-refractivity contribution in [2.24, 2.45) is 0 Å². The second-order valence-corrected chi connectivity index (χ2v) is 3.02. The molecule has 0 bridgehead atoms. The van der Waals surface area contributed by atoms with Crippen molar-refractivity contribution in [2.75, 3.05) is 5.32 Å². The predicted molar refractivity (Wildman–Crippen MR) is 55.5 cm³/mol. The van der Waals surface area contributed by atoms with Crippen LogP contribution in [0.3, 0.4) is 0 Å². The summed E-state index contributed by atoms with van der Waals surface area (Å²) < 4.78 is 0. The van der Waals surface area contributed by atoms with Crippen molar-refractivity contribution in [3.05, 3.63) is 36.0 Å². The average molecular weight is 233 g/mol. The number of carboxylic acid groups (broad SMARTS) is 1. The Hall–Kier alpha value is -2.77. The highest BCUT2D eigenvalue weighted by atomic mass is 16.4. The van der Waals surface area contributed by atoms with Gasteiger partial charge in [-0.1, -0.05) is 0 Å². The molecule has 1 amide bonds. The number of nitrogens with zero attached hydrogens (tertiary/aromatic N) is 3. The van der Waals surface area contributed by atoms with Gasteiger partial charge < -0.3 is 10.4 Å². The number of carboxylic acids is 1. The lowest BCUT2D eigenvalue weighted by molar-refractivity contribution is 0.0696. The second-order valence-electron chi connectivity index (χ2n) is 3.02. The molecule has 0 saturated carbocycles. The van der Waals surface area contributed by atoms with Gasteiger partial charge in [0.1, 0.15) is 12.1 Å². The van der Waals surface area contributed by atoms with Gasteiger partial charge in [0.15, 0.2) is 0 Å². The van der Waals surface area contributed by atoms with Crippen molar-refractivity contribution in [1.29, 1.82) is 0 Å². The van der Waals surface area contributed by atoms with Crippen LogP contribution in [-0.2, 0) is 0 Å². The van der Waals surface area contributed by atoms with Crippen LogP contribution in [0.4, 0.5) is 5.82 Å². The van der Waals surface area contributed by atoms with Crippen molar-refractivity contribution in [1.82, 2.24) is 20.2 Å². The molecule has 2 aromatic rings. The standard InChI is InChI=1S/C9H7N5O3/c15-8(7-11-4-12-14-7)13-6-3-5(9(16)17)1-2-10-6/h1-4H,(H,16,17)(H,10,13,15)(H,11,12,14). The predicted octanol–water partition coefficient (Wildman–Crippen LogP) is 0.150. The molecule has 0 aliphatic carbocycles. The Morgan fingerprint density at radius 3 is 2.82 bits per heavy atom. The number of carbonyl (C=O) groups is 2. The highest BCUT2D eigenvalue weighted by molar-refractivity contribution is 6.01. The Morgan fingerprint density at radius 1 is 1.35 bits per heavy atom. The van der Waals surface area contributed by atoms with Crippen molar-refractivity contribution >= 4 is 17.7 Å². The molecule has 0 aliphatic heterocycles. The van der Waals surface area contributed by atoms with Gasteiger partial charge >= 0.3 is 5.97 Å². The first kappa shape index (κ1) is 10.7. The normalized spacial score (nSPS) is 9.88. The summed E-state index contributed by atoms with van der Waals surface area (Å²) in [6.45, 7) is 0. The number of hydrogen-bond donors (Lipinski definition) is 3. The second kappa shape index (κ2) is 4.39. The maximum absolute atomic E-state index is 11.5. The monoisotopic (exact) mass is 233 g/mol. The molecule has 0 fully saturated rings. The van der Waals surface area contributed by atoms with E-state index in [1.807, 2.05) is 0 Å². The third-order valence-corrected chi connectivity index (χ3v) is 1.88. The van der Waals surface area contributed by atoms with Gasteiger partial charge in [-0.25, -0.2) is 14.8 Å². The molecule has 8 heteroatoms. The lowest BCUT2D eigenvalue weighted by Crippen LogP contribution is -2.15. The fourth-order valence-corrected chi connectivity index (χ4v) is 1.12. The molecule has 3 N–H and O–H groups in total. The van der Waals surface area contributed by atoms with Gasteiger partial charge in [0, 0.05) is 6.20 Å². The highest BCUT2D eigenvalue weighted by Gasteiger charge is 2.11. The van der Waals surface area contributed by atoms with E-state index in [1.54, 1.807) is 0 Å². The number of carbonyl (C=O) groups excluding carboxylic acids is 1. The molecule has 0 unspecified atom stereocenters. The number of rotatable bonds is 3. The quantitative estimate of drug-likeness (QED) is 0.693. The van der Waals surface area contributed by atoms with E-state index in [4.69, 9.17) is 5.11 Å². The molecule has 17 heavy (non-hydrogen) atoms. The summed E-state index contributed by atoms with van der Waals surface area (Å²) in [4.78, 5) is 29.7. The number of aromatic nitrogens is 4. The van der Waals surface area contributed by atoms with Gasteiger partial charge in [-0.05, 0) is 12.1 Å². The fraction of sp³-hybridized carbons (Fsp3) is 0. The summed E-state index contributed by atoms with van der Waals surface area (Å²) in [6.07, 6.45) is 2.48. The molecule has 86 valence electrons. The number of hydrogen-bond acceptors (Lipinski definition) is 5. The first-order valence-corrected chi connectivity index (χ1v) is 4.53. The highest BCUT2D eigenvalue weighted by Crippen LogP contribution is 2.07. The summed E-state index contributed by atoms with van der Waals surface area (Å²) in [5.74, 6) is -1.49. The van der Waals surface area contributed by atoms with Gasteiger partial charge in [0.05, 0.1) is 5.56 Å². The first-order chi connectivity index (χ1) is 8.16. The maximum atomic E-state index is 11.5. The molecular weight excluding hydrogens is 226 g/mol. The molecule has 2 aromatic heterocycles. The molecular formula is C9H7N5O3. The van der Waals surface area contributed by atoms with Crippen LogP contribution in [0.2, 0.25) is 0 Å². The Labute approximate surface area is 94.7 Å². The van der Waals surface area contributed by atoms with Gasteiger partial charge in [-0.15, -0.1) is 0 Å². The third-order valence-electron chi connectivity index (χ3n) is 1.88. The smallest absolute Gasteiger partial charge is 0.335 e. The van der Waals surface area contributed by atoms with Crippen LogP contribution in [-0.4, -0.2) is 37.1 Å². The molecule has 0 aromatic carbocycles. The van der Waals surface area contributed by atoms with Crippen molar-refractivity contribution in [3.63, 3.8) is 0 Å². The third kappa shape index (κ3) is 2.43. The van der Waals surface area contributed by atoms with E-state index in [2.05, 4.69) is 25.5 Å². The molecule has 0 aliphatic rings. The lowest BCUT2D eigenvalue weighted by Gasteiger charge is -2.02. The van der Waals surface area contributed by atoms with Crippen LogP contribution in [0.15, 0.2) is 24.7 Å². The largest absolute Gasteiger partial charge is 0.478 e. The molecule has 0 radical (unpaired) electrons. The summed E-state index contributed by atoms with van der Waals surface area (Å²) in [7, 11) is 0. The van der Waals surface area contributed by atoms with Crippen molar-refractivity contribution in [3.8, 4) is 0 Å². The van der Waals surface area contributed by atoms with Crippen LogP contribution >= 0.6 is 0 Å². The Bertz CT molecular complexity index is 552. The van der Waals surface area contributed by atoms with Crippen LogP contribution in [0, 0.1) is 0 Å². The molecule has 0 atom stereocenters. The Morgan fingerprint density at radius 2 is 2.18 bits per heavy atom. The molecule has 2 heterocycles. The number of anilines is 1. The number of aromatic amines is 1. The van der Waals surface area contributed by atoms with Crippen LogP contribution in [0.25, 0.3) is 0 Å². The molecule has 8 nitrogen and oxygen atoms in total. The number of pyridine rings is 1. The number of aromatic carboxylic acids is 1. The summed E-state index contributed by atoms with van der Waals surface area (Å²) in [5, 5.41) is 17.0. The van der Waals surface area contributed by atoms with Gasteiger partial charge in [0.25, 0.3) is 5.91 Å². The SMILES string of the molecule is O=C(O)c1ccnc(NC(=O)c2ncn[nH]2)c1. The van der Waals surface area contributed by atoms with E-state index in [0.29, 0.717) is 0 Å². The fourth-order valence-electron chi connectivity index (χ4n) is 1.12. The van der Waals surface area contributed by atoms with E-state index in [1.165, 1.54) is 24.7 Å². The van der Waals surface area contributed by atoms with E-state index < -0.39 is 11.9 Å². The minimum Gasteiger partial charge on any atom is -0.478 e. The Balaban J connectivity index is 2.16.